The molecule has 3 heterocycles. The number of halogens is 1. The van der Waals surface area contributed by atoms with Crippen molar-refractivity contribution in [2.45, 2.75) is 12.8 Å². The van der Waals surface area contributed by atoms with Crippen LogP contribution in [0.1, 0.15) is 12.8 Å². The number of aromatic nitrogens is 1. The van der Waals surface area contributed by atoms with E-state index < -0.39 is 5.97 Å². The van der Waals surface area contributed by atoms with Gasteiger partial charge < -0.3 is 25.2 Å². The van der Waals surface area contributed by atoms with E-state index >= 15 is 0 Å². The number of anilines is 3. The monoisotopic (exact) mass is 446 g/mol. The molecule has 168 valence electrons. The summed E-state index contributed by atoms with van der Waals surface area (Å²) < 4.78 is 13.5. The lowest BCUT2D eigenvalue weighted by Gasteiger charge is -2.27. The van der Waals surface area contributed by atoms with Crippen molar-refractivity contribution in [1.82, 2.24) is 10.3 Å². The van der Waals surface area contributed by atoms with Crippen molar-refractivity contribution < 1.29 is 14.3 Å². The molecule has 4 aliphatic rings. The minimum absolute atomic E-state index is 0.0854. The van der Waals surface area contributed by atoms with Crippen LogP contribution in [-0.2, 0) is 4.79 Å². The van der Waals surface area contributed by atoms with Crippen LogP contribution in [0.5, 0.6) is 0 Å². The van der Waals surface area contributed by atoms with E-state index in [1.165, 1.54) is 12.1 Å². The van der Waals surface area contributed by atoms with Gasteiger partial charge in [-0.05, 0) is 55.0 Å². The first kappa shape index (κ1) is 20.8. The Morgan fingerprint density at radius 2 is 1.97 bits per heavy atom. The van der Waals surface area contributed by atoms with Crippen molar-refractivity contribution in [3.05, 3.63) is 75.4 Å². The summed E-state index contributed by atoms with van der Waals surface area (Å²) in [4.78, 5) is 31.0. The van der Waals surface area contributed by atoms with Gasteiger partial charge in [0, 0.05) is 60.3 Å². The lowest BCUT2D eigenvalue weighted by molar-refractivity contribution is -0.137. The number of aromatic amines is 1. The summed E-state index contributed by atoms with van der Waals surface area (Å²) in [5.74, 6) is -1.13. The topological polar surface area (TPSA) is 88.7 Å². The summed E-state index contributed by atoms with van der Waals surface area (Å²) in [5, 5.41) is 13.9. The molecular weight excluding hydrogens is 423 g/mol. The molecule has 0 saturated heterocycles. The summed E-state index contributed by atoms with van der Waals surface area (Å²) in [7, 11) is 1.90. The van der Waals surface area contributed by atoms with Gasteiger partial charge in [-0.15, -0.1) is 0 Å². The number of carboxylic acid groups (broad SMARTS) is 1. The molecule has 1 aromatic carbocycles. The Bertz CT molecular complexity index is 1430. The predicted octanol–water partition coefficient (Wildman–Crippen LogP) is 2.08. The predicted molar refractivity (Wildman–Crippen MR) is 127 cm³/mol. The summed E-state index contributed by atoms with van der Waals surface area (Å²) in [6.45, 7) is 1.04. The smallest absolute Gasteiger partial charge is 0.303 e. The molecule has 3 N–H and O–H groups in total. The minimum Gasteiger partial charge on any atom is -0.481 e. The van der Waals surface area contributed by atoms with E-state index in [4.69, 9.17) is 5.11 Å². The molecule has 33 heavy (non-hydrogen) atoms. The third-order valence-electron chi connectivity index (χ3n) is 6.05. The normalized spacial score (nSPS) is 14.3. The summed E-state index contributed by atoms with van der Waals surface area (Å²) >= 11 is 0. The van der Waals surface area contributed by atoms with Gasteiger partial charge in [0.25, 0.3) is 5.56 Å². The van der Waals surface area contributed by atoms with E-state index in [0.717, 1.165) is 38.9 Å². The number of carbonyl (C=O) groups is 1. The van der Waals surface area contributed by atoms with Gasteiger partial charge in [0.15, 0.2) is 0 Å². The zero-order chi connectivity index (χ0) is 23.1. The minimum atomic E-state index is -0.828. The molecule has 5 rings (SSSR count). The van der Waals surface area contributed by atoms with Gasteiger partial charge in [-0.1, -0.05) is 0 Å². The number of aliphatic carboxylic acids is 1. The maximum absolute atomic E-state index is 13.5. The SMILES string of the molecule is CN1C=CC(NCCCC(=O)O)=c2ccc3c4c([nH]c(=O)c-4c21)=CCN3c1ccc(F)cc1. The highest BCUT2D eigenvalue weighted by molar-refractivity contribution is 5.93. The summed E-state index contributed by atoms with van der Waals surface area (Å²) in [5.41, 5.74) is 4.54. The molecule has 0 bridgehead atoms. The average Bonchev–Trinajstić information content (AvgIpc) is 3.00. The van der Waals surface area contributed by atoms with Crippen molar-refractivity contribution in [2.75, 3.05) is 29.9 Å². The maximum Gasteiger partial charge on any atom is 0.303 e. The highest BCUT2D eigenvalue weighted by atomic mass is 19.1. The van der Waals surface area contributed by atoms with E-state index in [-0.39, 0.29) is 17.8 Å². The largest absolute Gasteiger partial charge is 0.481 e. The number of H-pyrrole nitrogens is 1. The van der Waals surface area contributed by atoms with Gasteiger partial charge in [0.05, 0.1) is 16.9 Å². The molecule has 0 spiro atoms. The first-order valence-corrected chi connectivity index (χ1v) is 10.8. The number of rotatable bonds is 6. The number of carboxylic acids is 1. The van der Waals surface area contributed by atoms with Gasteiger partial charge in [0.1, 0.15) is 5.82 Å². The zero-order valence-corrected chi connectivity index (χ0v) is 18.1. The van der Waals surface area contributed by atoms with Crippen LogP contribution in [0.3, 0.4) is 0 Å². The van der Waals surface area contributed by atoms with E-state index in [9.17, 15) is 14.0 Å². The molecule has 0 amide bonds. The highest BCUT2D eigenvalue weighted by Crippen LogP contribution is 2.37. The van der Waals surface area contributed by atoms with Gasteiger partial charge in [-0.25, -0.2) is 4.39 Å². The number of benzene rings is 1. The van der Waals surface area contributed by atoms with Crippen molar-refractivity contribution >= 4 is 34.8 Å². The van der Waals surface area contributed by atoms with Crippen molar-refractivity contribution in [3.8, 4) is 11.1 Å². The first-order valence-electron chi connectivity index (χ1n) is 10.8. The van der Waals surface area contributed by atoms with E-state index in [0.29, 0.717) is 25.1 Å². The number of hydrogen-bond donors (Lipinski definition) is 3. The number of nitrogens with one attached hydrogen (secondary N) is 2. The molecule has 7 nitrogen and oxygen atoms in total. The Labute approximate surface area is 189 Å². The van der Waals surface area contributed by atoms with Crippen LogP contribution in [0.15, 0.2) is 53.5 Å². The molecular formula is C25H23FN4O3. The maximum atomic E-state index is 13.5. The lowest BCUT2D eigenvalue weighted by Crippen LogP contribution is -2.30. The van der Waals surface area contributed by atoms with Gasteiger partial charge in [-0.3, -0.25) is 9.59 Å². The van der Waals surface area contributed by atoms with Gasteiger partial charge >= 0.3 is 5.97 Å². The van der Waals surface area contributed by atoms with Crippen LogP contribution in [0.4, 0.5) is 21.5 Å². The van der Waals surface area contributed by atoms with Gasteiger partial charge in [0.2, 0.25) is 0 Å². The molecule has 3 aliphatic heterocycles. The highest BCUT2D eigenvalue weighted by Gasteiger charge is 2.28. The third kappa shape index (κ3) is 3.63. The van der Waals surface area contributed by atoms with Crippen molar-refractivity contribution in [2.24, 2.45) is 0 Å². The second kappa shape index (κ2) is 8.12. The van der Waals surface area contributed by atoms with Crippen LogP contribution < -0.4 is 31.2 Å². The lowest BCUT2D eigenvalue weighted by atomic mass is 10.0. The van der Waals surface area contributed by atoms with Crippen molar-refractivity contribution in [1.29, 1.82) is 0 Å². The molecule has 0 atom stereocenters. The Kier molecular flexibility index (Phi) is 5.12. The van der Waals surface area contributed by atoms with Crippen molar-refractivity contribution in [3.63, 3.8) is 0 Å². The molecule has 0 unspecified atom stereocenters. The van der Waals surface area contributed by atoms with Gasteiger partial charge in [-0.2, -0.15) is 0 Å². The quantitative estimate of drug-likeness (QED) is 0.503. The molecule has 0 fully saturated rings. The van der Waals surface area contributed by atoms with Crippen LogP contribution in [0.2, 0.25) is 0 Å². The molecule has 1 aliphatic carbocycles. The Morgan fingerprint density at radius 3 is 2.73 bits per heavy atom. The fourth-order valence-electron chi connectivity index (χ4n) is 4.52. The summed E-state index contributed by atoms with van der Waals surface area (Å²) in [6, 6.07) is 10.3. The Morgan fingerprint density at radius 1 is 1.18 bits per heavy atom. The number of hydrogen-bond acceptors (Lipinski definition) is 5. The average molecular weight is 446 g/mol. The zero-order valence-electron chi connectivity index (χ0n) is 18.1. The second-order valence-corrected chi connectivity index (χ2v) is 8.15. The molecule has 0 radical (unpaired) electrons. The molecule has 0 saturated carbocycles. The van der Waals surface area contributed by atoms with Crippen LogP contribution in [0.25, 0.3) is 22.9 Å². The third-order valence-corrected chi connectivity index (χ3v) is 6.05. The number of fused-ring (bicyclic) bond motifs is 2. The fraction of sp³-hybridized carbons (Fsp3) is 0.200. The molecule has 1 aromatic rings. The van der Waals surface area contributed by atoms with E-state index in [1.54, 1.807) is 12.1 Å². The first-order chi connectivity index (χ1) is 15.9. The number of nitrogens with zero attached hydrogens (tertiary/aromatic N) is 2. The molecule has 0 aromatic heterocycles. The Balaban J connectivity index is 1.69. The van der Waals surface area contributed by atoms with E-state index in [2.05, 4.69) is 15.2 Å². The molecule has 8 heteroatoms. The van der Waals surface area contributed by atoms with E-state index in [1.807, 2.05) is 42.4 Å². The fourth-order valence-corrected chi connectivity index (χ4v) is 4.52. The van der Waals surface area contributed by atoms with Crippen LogP contribution >= 0.6 is 0 Å². The standard InChI is InChI=1S/C25H23FN4O3/c1-29-13-10-18(27-12-2-3-21(31)32)17-8-9-20-22-19(28-25(33)23(22)24(17)29)11-14-30(20)16-6-4-15(26)5-7-16/h4-11,13,27H,2-3,12,14H2,1H3,(H,28,33)(H,31,32). The second-order valence-electron chi connectivity index (χ2n) is 8.15. The Hall–Kier alpha value is -4.07. The van der Waals surface area contributed by atoms with Crippen LogP contribution in [-0.4, -0.2) is 36.2 Å². The summed E-state index contributed by atoms with van der Waals surface area (Å²) in [6.07, 6.45) is 6.37. The van der Waals surface area contributed by atoms with Crippen LogP contribution in [0, 0.1) is 5.82 Å².